The number of hydrogen-bond acceptors (Lipinski definition) is 6. The van der Waals surface area contributed by atoms with E-state index < -0.39 is 37.4 Å². The Morgan fingerprint density at radius 3 is 2.39 bits per heavy atom. The van der Waals surface area contributed by atoms with Crippen LogP contribution in [0.15, 0.2) is 53.6 Å². The Hall–Kier alpha value is -2.57. The summed E-state index contributed by atoms with van der Waals surface area (Å²) in [5, 5.41) is 3.43. The van der Waals surface area contributed by atoms with Crippen LogP contribution >= 0.6 is 0 Å². The highest BCUT2D eigenvalue weighted by atomic mass is 32.2. The minimum Gasteiger partial charge on any atom is -0.376 e. The van der Waals surface area contributed by atoms with Crippen molar-refractivity contribution in [3.8, 4) is 5.75 Å². The molecule has 1 aromatic heterocycles. The molecule has 0 fully saturated rings. The van der Waals surface area contributed by atoms with Crippen LogP contribution < -0.4 is 9.50 Å². The second-order valence-electron chi connectivity index (χ2n) is 7.05. The zero-order valence-corrected chi connectivity index (χ0v) is 17.7. The van der Waals surface area contributed by atoms with E-state index in [0.717, 1.165) is 10.0 Å². The van der Waals surface area contributed by atoms with Crippen LogP contribution in [0.4, 0.5) is 13.2 Å². The smallest absolute Gasteiger partial charge is 0.376 e. The molecular formula is C19H17F3N2O5S2. The highest BCUT2D eigenvalue weighted by Crippen LogP contribution is 2.40. The second kappa shape index (κ2) is 7.24. The summed E-state index contributed by atoms with van der Waals surface area (Å²) in [5.74, 6) is -0.497. The Morgan fingerprint density at radius 1 is 1.06 bits per heavy atom. The van der Waals surface area contributed by atoms with E-state index in [2.05, 4.69) is 9.50 Å². The van der Waals surface area contributed by atoms with Gasteiger partial charge < -0.3 is 9.50 Å². The SMILES string of the molecule is CC1NCCc2cn(S(=O)(=O)c3ccccc3)c3ccc(OS(=O)(=O)C(F)(F)F)c1c23. The summed E-state index contributed by atoms with van der Waals surface area (Å²) in [7, 11) is -9.88. The summed E-state index contributed by atoms with van der Waals surface area (Å²) >= 11 is 0. The van der Waals surface area contributed by atoms with Crippen molar-refractivity contribution in [3.63, 3.8) is 0 Å². The zero-order valence-electron chi connectivity index (χ0n) is 16.0. The third-order valence-electron chi connectivity index (χ3n) is 5.08. The van der Waals surface area contributed by atoms with Crippen LogP contribution in [0.5, 0.6) is 5.75 Å². The maximum Gasteiger partial charge on any atom is 0.534 e. The van der Waals surface area contributed by atoms with E-state index in [-0.39, 0.29) is 16.0 Å². The molecule has 1 aliphatic heterocycles. The van der Waals surface area contributed by atoms with Crippen molar-refractivity contribution in [1.82, 2.24) is 9.29 Å². The van der Waals surface area contributed by atoms with E-state index in [1.165, 1.54) is 24.4 Å². The fraction of sp³-hybridized carbons (Fsp3) is 0.263. The lowest BCUT2D eigenvalue weighted by Crippen LogP contribution is -2.29. The molecular weight excluding hydrogens is 457 g/mol. The first kappa shape index (κ1) is 21.7. The van der Waals surface area contributed by atoms with Crippen LogP contribution in [0.3, 0.4) is 0 Å². The van der Waals surface area contributed by atoms with Crippen molar-refractivity contribution in [3.05, 3.63) is 59.8 Å². The molecule has 4 rings (SSSR count). The standard InChI is InChI=1S/C19H17F3N2O5S2/c1-12-17-16(29-31(27,28)19(20,21)22)8-7-15-18(17)13(9-10-23-12)11-24(15)30(25,26)14-5-3-2-4-6-14/h2-8,11-12,23H,9-10H2,1H3. The van der Waals surface area contributed by atoms with Crippen molar-refractivity contribution in [2.24, 2.45) is 0 Å². The largest absolute Gasteiger partial charge is 0.534 e. The lowest BCUT2D eigenvalue weighted by atomic mass is 10.0. The minimum absolute atomic E-state index is 0.0446. The predicted molar refractivity (Wildman–Crippen MR) is 107 cm³/mol. The quantitative estimate of drug-likeness (QED) is 0.461. The molecule has 0 aliphatic carbocycles. The molecule has 1 N–H and O–H groups in total. The Kier molecular flexibility index (Phi) is 5.06. The Labute approximate surface area is 176 Å². The van der Waals surface area contributed by atoms with E-state index in [0.29, 0.717) is 23.9 Å². The fourth-order valence-electron chi connectivity index (χ4n) is 3.67. The fourth-order valence-corrected chi connectivity index (χ4v) is 5.56. The molecule has 7 nitrogen and oxygen atoms in total. The van der Waals surface area contributed by atoms with Gasteiger partial charge in [-0.3, -0.25) is 0 Å². The number of halogens is 3. The molecule has 12 heteroatoms. The molecule has 0 saturated heterocycles. The van der Waals surface area contributed by atoms with Gasteiger partial charge in [0.25, 0.3) is 10.0 Å². The summed E-state index contributed by atoms with van der Waals surface area (Å²) in [6.45, 7) is 2.05. The maximum absolute atomic E-state index is 13.2. The van der Waals surface area contributed by atoms with E-state index in [4.69, 9.17) is 0 Å². The molecule has 0 saturated carbocycles. The molecule has 1 atom stereocenters. The molecule has 0 bridgehead atoms. The normalized spacial score (nSPS) is 17.5. The molecule has 2 aromatic carbocycles. The molecule has 0 spiro atoms. The van der Waals surface area contributed by atoms with Crippen LogP contribution in [0.1, 0.15) is 24.1 Å². The van der Waals surface area contributed by atoms with Crippen molar-refractivity contribution in [2.75, 3.05) is 6.54 Å². The third kappa shape index (κ3) is 3.58. The number of hydrogen-bond donors (Lipinski definition) is 1. The number of benzene rings is 2. The topological polar surface area (TPSA) is 94.5 Å². The molecule has 2 heterocycles. The number of aromatic nitrogens is 1. The first-order chi connectivity index (χ1) is 14.4. The third-order valence-corrected chi connectivity index (χ3v) is 7.73. The van der Waals surface area contributed by atoms with Gasteiger partial charge in [0.2, 0.25) is 0 Å². The van der Waals surface area contributed by atoms with Crippen LogP contribution in [0.25, 0.3) is 10.9 Å². The van der Waals surface area contributed by atoms with Crippen molar-refractivity contribution in [1.29, 1.82) is 0 Å². The Morgan fingerprint density at radius 2 is 1.74 bits per heavy atom. The van der Waals surface area contributed by atoms with Crippen molar-refractivity contribution in [2.45, 2.75) is 29.8 Å². The zero-order chi connectivity index (χ0) is 22.6. The van der Waals surface area contributed by atoms with Crippen molar-refractivity contribution < 1.29 is 34.2 Å². The van der Waals surface area contributed by atoms with Gasteiger partial charge in [-0.1, -0.05) is 18.2 Å². The summed E-state index contributed by atoms with van der Waals surface area (Å²) in [4.78, 5) is 0.0446. The lowest BCUT2D eigenvalue weighted by molar-refractivity contribution is -0.0500. The van der Waals surface area contributed by atoms with Gasteiger partial charge in [-0.15, -0.1) is 0 Å². The Bertz CT molecular complexity index is 1370. The monoisotopic (exact) mass is 474 g/mol. The molecule has 0 amide bonds. The summed E-state index contributed by atoms with van der Waals surface area (Å²) in [5.41, 5.74) is -4.67. The number of alkyl halides is 3. The van der Waals surface area contributed by atoms with Crippen molar-refractivity contribution >= 4 is 31.0 Å². The first-order valence-electron chi connectivity index (χ1n) is 9.15. The summed E-state index contributed by atoms with van der Waals surface area (Å²) < 4.78 is 93.7. The van der Waals surface area contributed by atoms with Crippen LogP contribution in [-0.4, -0.2) is 32.9 Å². The van der Waals surface area contributed by atoms with Gasteiger partial charge in [0.15, 0.2) is 0 Å². The van der Waals surface area contributed by atoms with Gasteiger partial charge in [-0.05, 0) is 49.7 Å². The van der Waals surface area contributed by atoms with E-state index in [1.54, 1.807) is 25.1 Å². The van der Waals surface area contributed by atoms with Crippen LogP contribution in [-0.2, 0) is 26.6 Å². The predicted octanol–water partition coefficient (Wildman–Crippen LogP) is 3.31. The van der Waals surface area contributed by atoms with Gasteiger partial charge >= 0.3 is 15.6 Å². The van der Waals surface area contributed by atoms with Gasteiger partial charge in [-0.2, -0.15) is 21.6 Å². The van der Waals surface area contributed by atoms with Gasteiger partial charge in [0, 0.05) is 23.2 Å². The molecule has 166 valence electrons. The molecule has 1 aliphatic rings. The van der Waals surface area contributed by atoms with E-state index in [9.17, 15) is 30.0 Å². The minimum atomic E-state index is -5.89. The van der Waals surface area contributed by atoms with Crippen LogP contribution in [0.2, 0.25) is 0 Å². The second-order valence-corrected chi connectivity index (χ2v) is 10.4. The van der Waals surface area contributed by atoms with Gasteiger partial charge in [-0.25, -0.2) is 12.4 Å². The van der Waals surface area contributed by atoms with E-state index in [1.807, 2.05) is 0 Å². The number of nitrogens with one attached hydrogen (secondary N) is 1. The average molecular weight is 474 g/mol. The van der Waals surface area contributed by atoms with Crippen LogP contribution in [0, 0.1) is 0 Å². The highest BCUT2D eigenvalue weighted by molar-refractivity contribution is 7.90. The maximum atomic E-state index is 13.2. The summed E-state index contributed by atoms with van der Waals surface area (Å²) in [6, 6.07) is 9.41. The number of nitrogens with zero attached hydrogens (tertiary/aromatic N) is 1. The van der Waals surface area contributed by atoms with Gasteiger partial charge in [0.05, 0.1) is 10.4 Å². The summed E-state index contributed by atoms with van der Waals surface area (Å²) in [6.07, 6.45) is 1.80. The number of rotatable bonds is 4. The van der Waals surface area contributed by atoms with Gasteiger partial charge in [0.1, 0.15) is 5.75 Å². The Balaban J connectivity index is 1.97. The molecule has 1 unspecified atom stereocenters. The first-order valence-corrected chi connectivity index (χ1v) is 12.0. The lowest BCUT2D eigenvalue weighted by Gasteiger charge is -2.18. The van der Waals surface area contributed by atoms with E-state index >= 15 is 0 Å². The highest BCUT2D eigenvalue weighted by Gasteiger charge is 2.49. The molecule has 31 heavy (non-hydrogen) atoms. The average Bonchev–Trinajstić information content (AvgIpc) is 2.98. The molecule has 0 radical (unpaired) electrons. The molecule has 3 aromatic rings.